The molecule has 0 spiro atoms. The Morgan fingerprint density at radius 3 is 0.917 bits per heavy atom. The molecular formula is C35H66N. The first-order valence-corrected chi connectivity index (χ1v) is 17.0. The summed E-state index contributed by atoms with van der Waals surface area (Å²) in [5.41, 5.74) is 1.28. The zero-order valence-corrected chi connectivity index (χ0v) is 24.9. The molecule has 0 aromatic carbocycles. The zero-order valence-electron chi connectivity index (χ0n) is 24.9. The normalized spacial score (nSPS) is 12.9. The molecule has 1 aliphatic rings. The summed E-state index contributed by atoms with van der Waals surface area (Å²) in [5.74, 6) is 0. The molecule has 0 amide bonds. The summed E-state index contributed by atoms with van der Waals surface area (Å²) in [6, 6.07) is 0. The molecule has 0 saturated carbocycles. The van der Waals surface area contributed by atoms with Crippen molar-refractivity contribution in [3.63, 3.8) is 0 Å². The highest BCUT2D eigenvalue weighted by molar-refractivity contribution is 5.19. The van der Waals surface area contributed by atoms with Gasteiger partial charge in [0.2, 0.25) is 0 Å². The first-order valence-electron chi connectivity index (χ1n) is 17.0. The molecule has 1 heterocycles. The second-order valence-electron chi connectivity index (χ2n) is 11.8. The van der Waals surface area contributed by atoms with Crippen molar-refractivity contribution in [2.24, 2.45) is 0 Å². The third-order valence-corrected chi connectivity index (χ3v) is 8.15. The van der Waals surface area contributed by atoms with Gasteiger partial charge in [-0.25, -0.2) is 0 Å². The Labute approximate surface area is 228 Å². The first kappa shape index (κ1) is 33.3. The van der Waals surface area contributed by atoms with E-state index < -0.39 is 0 Å². The standard InChI is InChI=1S/C35H66N/c1-2-3-4-5-6-7-8-9-10-11-12-13-14-15-16-17-18-19-20-21-22-23-24-25-26-27-28-29-30-32-35-33-31-34-36-35/h31,33-34H,2-30,32H2,1H3. The van der Waals surface area contributed by atoms with Crippen LogP contribution in [0.1, 0.15) is 200 Å². The topological polar surface area (TPSA) is 14.1 Å². The molecular weight excluding hydrogens is 434 g/mol. The molecule has 211 valence electrons. The van der Waals surface area contributed by atoms with Gasteiger partial charge in [0.05, 0.1) is 0 Å². The van der Waals surface area contributed by atoms with E-state index in [1.54, 1.807) is 0 Å². The largest absolute Gasteiger partial charge is 0.261 e. The van der Waals surface area contributed by atoms with E-state index in [0.717, 1.165) is 0 Å². The maximum atomic E-state index is 4.35. The molecule has 0 fully saturated rings. The third-order valence-electron chi connectivity index (χ3n) is 8.15. The van der Waals surface area contributed by atoms with Crippen LogP contribution in [-0.4, -0.2) is 0 Å². The van der Waals surface area contributed by atoms with Crippen molar-refractivity contribution in [1.29, 1.82) is 0 Å². The highest BCUT2D eigenvalue weighted by Crippen LogP contribution is 2.17. The summed E-state index contributed by atoms with van der Waals surface area (Å²) in [4.78, 5) is 0. The molecule has 0 aromatic heterocycles. The fourth-order valence-electron chi connectivity index (χ4n) is 5.64. The van der Waals surface area contributed by atoms with Gasteiger partial charge in [-0.1, -0.05) is 187 Å². The number of hydrogen-bond donors (Lipinski definition) is 0. The third kappa shape index (κ3) is 25.0. The summed E-state index contributed by atoms with van der Waals surface area (Å²) in [6.07, 6.45) is 49.7. The van der Waals surface area contributed by atoms with Crippen LogP contribution in [0.3, 0.4) is 0 Å². The summed E-state index contributed by atoms with van der Waals surface area (Å²) in [5, 5.41) is 4.35. The predicted octanol–water partition coefficient (Wildman–Crippen LogP) is 12.7. The summed E-state index contributed by atoms with van der Waals surface area (Å²) in [7, 11) is 0. The van der Waals surface area contributed by atoms with Crippen molar-refractivity contribution in [2.75, 3.05) is 0 Å². The second kappa shape index (κ2) is 28.8. The zero-order chi connectivity index (χ0) is 25.6. The van der Waals surface area contributed by atoms with Crippen molar-refractivity contribution < 1.29 is 0 Å². The SMILES string of the molecule is CCCCCCCCCCCCCCCCCCCCCCCCCCCCCCCC1=CC=C[N]1. The molecule has 0 bridgehead atoms. The fourth-order valence-corrected chi connectivity index (χ4v) is 5.64. The lowest BCUT2D eigenvalue weighted by molar-refractivity contribution is 0.513. The average molecular weight is 501 g/mol. The van der Waals surface area contributed by atoms with Gasteiger partial charge in [-0.05, 0) is 25.0 Å². The monoisotopic (exact) mass is 501 g/mol. The number of allylic oxidation sites excluding steroid dienone is 3. The van der Waals surface area contributed by atoms with E-state index in [0.29, 0.717) is 0 Å². The van der Waals surface area contributed by atoms with Crippen molar-refractivity contribution in [1.82, 2.24) is 5.32 Å². The number of rotatable bonds is 30. The van der Waals surface area contributed by atoms with E-state index in [4.69, 9.17) is 0 Å². The van der Waals surface area contributed by atoms with E-state index in [1.165, 1.54) is 198 Å². The quantitative estimate of drug-likeness (QED) is 0.0870. The van der Waals surface area contributed by atoms with Crippen molar-refractivity contribution >= 4 is 0 Å². The van der Waals surface area contributed by atoms with Gasteiger partial charge >= 0.3 is 0 Å². The van der Waals surface area contributed by atoms with Gasteiger partial charge in [-0.3, -0.25) is 5.32 Å². The van der Waals surface area contributed by atoms with Crippen LogP contribution >= 0.6 is 0 Å². The van der Waals surface area contributed by atoms with Crippen LogP contribution in [0, 0.1) is 0 Å². The maximum Gasteiger partial charge on any atom is 0.0404 e. The van der Waals surface area contributed by atoms with Gasteiger partial charge < -0.3 is 0 Å². The molecule has 36 heavy (non-hydrogen) atoms. The van der Waals surface area contributed by atoms with Gasteiger partial charge in [0.25, 0.3) is 0 Å². The minimum absolute atomic E-state index is 1.17. The van der Waals surface area contributed by atoms with E-state index in [9.17, 15) is 0 Å². The van der Waals surface area contributed by atoms with Crippen LogP contribution in [-0.2, 0) is 0 Å². The molecule has 0 atom stereocenters. The van der Waals surface area contributed by atoms with Crippen LogP contribution < -0.4 is 5.32 Å². The Balaban J connectivity index is 1.60. The Hall–Kier alpha value is -0.720. The molecule has 1 heteroatoms. The molecule has 1 nitrogen and oxygen atoms in total. The lowest BCUT2D eigenvalue weighted by atomic mass is 10.0. The Morgan fingerprint density at radius 2 is 0.667 bits per heavy atom. The Bertz CT molecular complexity index is 477. The molecule has 1 rings (SSSR count). The fraction of sp³-hybridized carbons (Fsp3) is 0.886. The van der Waals surface area contributed by atoms with Gasteiger partial charge in [-0.2, -0.15) is 0 Å². The molecule has 0 N–H and O–H groups in total. The number of nitrogens with zero attached hydrogens (tertiary/aromatic N) is 1. The smallest absolute Gasteiger partial charge is 0.0404 e. The lowest BCUT2D eigenvalue weighted by Crippen LogP contribution is -1.92. The van der Waals surface area contributed by atoms with Gasteiger partial charge in [0.1, 0.15) is 0 Å². The van der Waals surface area contributed by atoms with Crippen molar-refractivity contribution in [3.8, 4) is 0 Å². The predicted molar refractivity (Wildman–Crippen MR) is 164 cm³/mol. The van der Waals surface area contributed by atoms with Gasteiger partial charge in [0, 0.05) is 11.9 Å². The summed E-state index contributed by atoms with van der Waals surface area (Å²) in [6.45, 7) is 2.31. The summed E-state index contributed by atoms with van der Waals surface area (Å²) >= 11 is 0. The highest BCUT2D eigenvalue weighted by Gasteiger charge is 2.00. The van der Waals surface area contributed by atoms with Crippen LogP contribution in [0.4, 0.5) is 0 Å². The summed E-state index contributed by atoms with van der Waals surface area (Å²) < 4.78 is 0. The molecule has 0 aliphatic carbocycles. The minimum Gasteiger partial charge on any atom is -0.261 e. The van der Waals surface area contributed by atoms with Crippen LogP contribution in [0.15, 0.2) is 24.0 Å². The number of unbranched alkanes of at least 4 members (excludes halogenated alkanes) is 28. The Kier molecular flexibility index (Phi) is 26.7. The maximum absolute atomic E-state index is 4.35. The van der Waals surface area contributed by atoms with Gasteiger partial charge in [0.15, 0.2) is 0 Å². The van der Waals surface area contributed by atoms with E-state index in [1.807, 2.05) is 6.20 Å². The Morgan fingerprint density at radius 1 is 0.389 bits per heavy atom. The molecule has 1 aliphatic heterocycles. The van der Waals surface area contributed by atoms with Gasteiger partial charge in [-0.15, -0.1) is 0 Å². The average Bonchev–Trinajstić information content (AvgIpc) is 3.41. The molecule has 1 radical (unpaired) electrons. The van der Waals surface area contributed by atoms with E-state index in [2.05, 4.69) is 24.4 Å². The second-order valence-corrected chi connectivity index (χ2v) is 11.8. The molecule has 0 saturated heterocycles. The molecule has 0 aromatic rings. The van der Waals surface area contributed by atoms with Crippen LogP contribution in [0.5, 0.6) is 0 Å². The van der Waals surface area contributed by atoms with Crippen molar-refractivity contribution in [2.45, 2.75) is 200 Å². The minimum atomic E-state index is 1.17. The highest BCUT2D eigenvalue weighted by atomic mass is 14.9. The van der Waals surface area contributed by atoms with Crippen LogP contribution in [0.2, 0.25) is 0 Å². The van der Waals surface area contributed by atoms with E-state index >= 15 is 0 Å². The van der Waals surface area contributed by atoms with Crippen molar-refractivity contribution in [3.05, 3.63) is 24.0 Å². The van der Waals surface area contributed by atoms with E-state index in [-0.39, 0.29) is 0 Å². The van der Waals surface area contributed by atoms with Crippen LogP contribution in [0.25, 0.3) is 0 Å². The first-order chi connectivity index (χ1) is 17.9. The lowest BCUT2D eigenvalue weighted by Gasteiger charge is -2.05. The molecule has 0 unspecified atom stereocenters. The number of hydrogen-bond acceptors (Lipinski definition) is 0.